The normalized spacial score (nSPS) is 22.9. The van der Waals surface area contributed by atoms with Crippen molar-refractivity contribution in [3.8, 4) is 0 Å². The van der Waals surface area contributed by atoms with E-state index in [0.717, 1.165) is 29.7 Å². The Morgan fingerprint density at radius 1 is 1.24 bits per heavy atom. The first-order chi connectivity index (χ1) is 11.9. The highest BCUT2D eigenvalue weighted by molar-refractivity contribution is 5.96. The number of amides is 1. The van der Waals surface area contributed by atoms with Gasteiger partial charge < -0.3 is 10.1 Å². The molecular formula is C20H27N3O2. The molecule has 1 aromatic heterocycles. The molecule has 0 bridgehead atoms. The number of carbonyl (C=O) groups excluding carboxylic acids is 1. The van der Waals surface area contributed by atoms with Gasteiger partial charge in [-0.1, -0.05) is 32.0 Å². The van der Waals surface area contributed by atoms with E-state index in [4.69, 9.17) is 4.74 Å². The van der Waals surface area contributed by atoms with Crippen molar-refractivity contribution in [2.75, 3.05) is 18.4 Å². The van der Waals surface area contributed by atoms with Crippen molar-refractivity contribution in [3.05, 3.63) is 36.5 Å². The molecule has 1 aliphatic rings. The monoisotopic (exact) mass is 341 g/mol. The molecule has 5 heteroatoms. The number of benzene rings is 1. The summed E-state index contributed by atoms with van der Waals surface area (Å²) in [5.74, 6) is 0.235. The molecule has 1 amide bonds. The molecule has 134 valence electrons. The Hall–Kier alpha value is -1.98. The molecule has 0 aliphatic carbocycles. The summed E-state index contributed by atoms with van der Waals surface area (Å²) >= 11 is 0. The highest BCUT2D eigenvalue weighted by Gasteiger charge is 2.34. The summed E-state index contributed by atoms with van der Waals surface area (Å²) in [7, 11) is 0. The lowest BCUT2D eigenvalue weighted by Crippen LogP contribution is -2.55. The number of pyridine rings is 1. The first kappa shape index (κ1) is 17.8. The van der Waals surface area contributed by atoms with Crippen LogP contribution in [-0.2, 0) is 9.53 Å². The Labute approximate surface area is 149 Å². The lowest BCUT2D eigenvalue weighted by Gasteiger charge is -2.41. The minimum Gasteiger partial charge on any atom is -0.373 e. The van der Waals surface area contributed by atoms with Crippen LogP contribution in [0.15, 0.2) is 36.5 Å². The lowest BCUT2D eigenvalue weighted by atomic mass is 9.99. The predicted molar refractivity (Wildman–Crippen MR) is 101 cm³/mol. The van der Waals surface area contributed by atoms with E-state index in [1.807, 2.05) is 30.3 Å². The number of aromatic nitrogens is 1. The second-order valence-corrected chi connectivity index (χ2v) is 7.31. The van der Waals surface area contributed by atoms with Crippen molar-refractivity contribution in [2.24, 2.45) is 5.92 Å². The molecule has 1 N–H and O–H groups in total. The van der Waals surface area contributed by atoms with Crippen LogP contribution in [0.3, 0.4) is 0 Å². The van der Waals surface area contributed by atoms with E-state index in [1.54, 1.807) is 6.20 Å². The zero-order valence-corrected chi connectivity index (χ0v) is 15.4. The highest BCUT2D eigenvalue weighted by Crippen LogP contribution is 2.21. The van der Waals surface area contributed by atoms with Gasteiger partial charge in [-0.3, -0.25) is 14.7 Å². The standard InChI is InChI=1S/C20H27N3O2/c1-13(2)19(23-11-14(3)25-15(4)12-23)20(24)22-17-9-16-7-5-6-8-18(16)21-10-17/h5-10,13-15,19H,11-12H2,1-4H3,(H,22,24). The van der Waals surface area contributed by atoms with E-state index in [1.165, 1.54) is 0 Å². The fraction of sp³-hybridized carbons (Fsp3) is 0.500. The number of nitrogens with one attached hydrogen (secondary N) is 1. The van der Waals surface area contributed by atoms with Gasteiger partial charge in [0.15, 0.2) is 0 Å². The van der Waals surface area contributed by atoms with E-state index < -0.39 is 0 Å². The van der Waals surface area contributed by atoms with Crippen molar-refractivity contribution in [3.63, 3.8) is 0 Å². The number of rotatable bonds is 4. The Balaban J connectivity index is 1.78. The average molecular weight is 341 g/mol. The fourth-order valence-electron chi connectivity index (χ4n) is 3.69. The van der Waals surface area contributed by atoms with Crippen molar-refractivity contribution < 1.29 is 9.53 Å². The number of hydrogen-bond acceptors (Lipinski definition) is 4. The van der Waals surface area contributed by atoms with Gasteiger partial charge in [-0.25, -0.2) is 0 Å². The van der Waals surface area contributed by atoms with Crippen LogP contribution in [0, 0.1) is 5.92 Å². The summed E-state index contributed by atoms with van der Waals surface area (Å²) < 4.78 is 5.81. The quantitative estimate of drug-likeness (QED) is 0.927. The third kappa shape index (κ3) is 4.17. The van der Waals surface area contributed by atoms with Crippen LogP contribution < -0.4 is 5.32 Å². The summed E-state index contributed by atoms with van der Waals surface area (Å²) in [6.45, 7) is 9.85. The van der Waals surface area contributed by atoms with Gasteiger partial charge in [-0.2, -0.15) is 0 Å². The van der Waals surface area contributed by atoms with Gasteiger partial charge in [0, 0.05) is 18.5 Å². The summed E-state index contributed by atoms with van der Waals surface area (Å²) in [5.41, 5.74) is 1.67. The minimum absolute atomic E-state index is 0.0216. The summed E-state index contributed by atoms with van der Waals surface area (Å²) in [6, 6.07) is 9.70. The number of fused-ring (bicyclic) bond motifs is 1. The minimum atomic E-state index is -0.180. The van der Waals surface area contributed by atoms with E-state index in [2.05, 4.69) is 42.9 Å². The fourth-order valence-corrected chi connectivity index (χ4v) is 3.69. The molecule has 2 aromatic rings. The Kier molecular flexibility index (Phi) is 5.35. The molecule has 1 saturated heterocycles. The molecule has 0 saturated carbocycles. The van der Waals surface area contributed by atoms with Crippen molar-refractivity contribution in [1.82, 2.24) is 9.88 Å². The maximum Gasteiger partial charge on any atom is 0.242 e. The van der Waals surface area contributed by atoms with Crippen LogP contribution in [0.1, 0.15) is 27.7 Å². The molecule has 3 atom stereocenters. The van der Waals surface area contributed by atoms with Crippen molar-refractivity contribution in [2.45, 2.75) is 45.9 Å². The molecule has 0 spiro atoms. The maximum atomic E-state index is 13.0. The number of hydrogen-bond donors (Lipinski definition) is 1. The first-order valence-corrected chi connectivity index (χ1v) is 8.99. The van der Waals surface area contributed by atoms with Crippen LogP contribution in [-0.4, -0.2) is 47.1 Å². The molecule has 3 unspecified atom stereocenters. The van der Waals surface area contributed by atoms with Gasteiger partial charge in [0.2, 0.25) is 5.91 Å². The van der Waals surface area contributed by atoms with E-state index in [9.17, 15) is 4.79 Å². The van der Waals surface area contributed by atoms with Gasteiger partial charge >= 0.3 is 0 Å². The van der Waals surface area contributed by atoms with E-state index in [-0.39, 0.29) is 30.1 Å². The van der Waals surface area contributed by atoms with Crippen LogP contribution in [0.4, 0.5) is 5.69 Å². The number of carbonyl (C=O) groups is 1. The molecule has 1 aromatic carbocycles. The third-order valence-electron chi connectivity index (χ3n) is 4.60. The number of para-hydroxylation sites is 1. The van der Waals surface area contributed by atoms with Gasteiger partial charge in [-0.05, 0) is 31.9 Å². The van der Waals surface area contributed by atoms with Crippen LogP contribution in [0.25, 0.3) is 10.9 Å². The average Bonchev–Trinajstić information content (AvgIpc) is 2.53. The Morgan fingerprint density at radius 2 is 1.92 bits per heavy atom. The molecule has 2 heterocycles. The van der Waals surface area contributed by atoms with Gasteiger partial charge in [0.1, 0.15) is 0 Å². The number of nitrogens with zero attached hydrogens (tertiary/aromatic N) is 2. The van der Waals surface area contributed by atoms with Gasteiger partial charge in [0.05, 0.1) is 35.7 Å². The molecule has 1 fully saturated rings. The van der Waals surface area contributed by atoms with Crippen molar-refractivity contribution >= 4 is 22.5 Å². The topological polar surface area (TPSA) is 54.5 Å². The number of morpholine rings is 1. The maximum absolute atomic E-state index is 13.0. The number of anilines is 1. The van der Waals surface area contributed by atoms with E-state index >= 15 is 0 Å². The predicted octanol–water partition coefficient (Wildman–Crippen LogP) is 3.31. The van der Waals surface area contributed by atoms with Gasteiger partial charge in [0.25, 0.3) is 0 Å². The zero-order chi connectivity index (χ0) is 18.0. The smallest absolute Gasteiger partial charge is 0.242 e. The molecule has 5 nitrogen and oxygen atoms in total. The Bertz CT molecular complexity index is 737. The zero-order valence-electron chi connectivity index (χ0n) is 15.4. The van der Waals surface area contributed by atoms with Crippen LogP contribution in [0.5, 0.6) is 0 Å². The largest absolute Gasteiger partial charge is 0.373 e. The second kappa shape index (κ2) is 7.50. The Morgan fingerprint density at radius 3 is 2.60 bits per heavy atom. The lowest BCUT2D eigenvalue weighted by molar-refractivity contribution is -0.130. The highest BCUT2D eigenvalue weighted by atomic mass is 16.5. The summed E-state index contributed by atoms with van der Waals surface area (Å²) in [5, 5.41) is 4.08. The van der Waals surface area contributed by atoms with Crippen LogP contribution >= 0.6 is 0 Å². The molecular weight excluding hydrogens is 314 g/mol. The van der Waals surface area contributed by atoms with Crippen molar-refractivity contribution in [1.29, 1.82) is 0 Å². The van der Waals surface area contributed by atoms with Gasteiger partial charge in [-0.15, -0.1) is 0 Å². The molecule has 0 radical (unpaired) electrons. The third-order valence-corrected chi connectivity index (χ3v) is 4.60. The first-order valence-electron chi connectivity index (χ1n) is 8.99. The molecule has 3 rings (SSSR count). The SMILES string of the molecule is CC1CN(C(C(=O)Nc2cnc3ccccc3c2)C(C)C)CC(C)O1. The summed E-state index contributed by atoms with van der Waals surface area (Å²) in [6.07, 6.45) is 2.00. The summed E-state index contributed by atoms with van der Waals surface area (Å²) in [4.78, 5) is 19.7. The molecule has 25 heavy (non-hydrogen) atoms. The molecule has 1 aliphatic heterocycles. The van der Waals surface area contributed by atoms with E-state index in [0.29, 0.717) is 0 Å². The number of ether oxygens (including phenoxy) is 1. The van der Waals surface area contributed by atoms with Crippen LogP contribution in [0.2, 0.25) is 0 Å². The second-order valence-electron chi connectivity index (χ2n) is 7.31.